The van der Waals surface area contributed by atoms with E-state index in [4.69, 9.17) is 5.73 Å². The molecule has 116 valence electrons. The van der Waals surface area contributed by atoms with Crippen LogP contribution in [0.15, 0.2) is 17.0 Å². The molecule has 3 N–H and O–H groups in total. The third-order valence-corrected chi connectivity index (χ3v) is 4.65. The Labute approximate surface area is 127 Å². The van der Waals surface area contributed by atoms with Crippen LogP contribution < -0.4 is 10.5 Å². The summed E-state index contributed by atoms with van der Waals surface area (Å²) < 4.78 is 53.6. The Morgan fingerprint density at radius 1 is 1.38 bits per heavy atom. The molecule has 0 fully saturated rings. The molecule has 4 nitrogen and oxygen atoms in total. The van der Waals surface area contributed by atoms with Crippen LogP contribution in [-0.4, -0.2) is 33.5 Å². The Kier molecular flexibility index (Phi) is 7.11. The zero-order valence-corrected chi connectivity index (χ0v) is 13.1. The molecule has 0 saturated heterocycles. The van der Waals surface area contributed by atoms with Gasteiger partial charge in [-0.1, -0.05) is 11.8 Å². The van der Waals surface area contributed by atoms with Crippen LogP contribution in [0.3, 0.4) is 0 Å². The maximum atomic E-state index is 13.8. The summed E-state index contributed by atoms with van der Waals surface area (Å²) in [6, 6.07) is 1.40. The Bertz CT molecular complexity index is 652. The van der Waals surface area contributed by atoms with Crippen molar-refractivity contribution in [2.45, 2.75) is 11.3 Å². The fourth-order valence-corrected chi connectivity index (χ4v) is 3.27. The van der Waals surface area contributed by atoms with Crippen molar-refractivity contribution in [2.24, 2.45) is 5.73 Å². The molecular weight excluding hydrogens is 318 g/mol. The van der Waals surface area contributed by atoms with Crippen molar-refractivity contribution >= 4 is 21.8 Å². The Morgan fingerprint density at radius 3 is 2.71 bits per heavy atom. The van der Waals surface area contributed by atoms with Gasteiger partial charge in [-0.15, -0.1) is 0 Å². The molecule has 1 aromatic rings. The number of hydrogen-bond donors (Lipinski definition) is 2. The van der Waals surface area contributed by atoms with Crippen LogP contribution in [0.5, 0.6) is 0 Å². The standard InChI is InChI=1S/C13H16F2N2O2S2/c1-20-7-3-6-17-21(18,19)13-10(4-2-5-16)8-11(14)9-12(13)15/h8-9,17H,3,5-7,16H2,1H3. The zero-order chi connectivity index (χ0) is 15.9. The lowest BCUT2D eigenvalue weighted by atomic mass is 10.2. The fourth-order valence-electron chi connectivity index (χ4n) is 1.57. The molecule has 0 aliphatic heterocycles. The minimum Gasteiger partial charge on any atom is -0.320 e. The van der Waals surface area contributed by atoms with Crippen molar-refractivity contribution in [2.75, 3.05) is 25.1 Å². The lowest BCUT2D eigenvalue weighted by Gasteiger charge is -2.09. The number of rotatable bonds is 6. The number of sulfonamides is 1. The Hall–Kier alpha value is -1.14. The number of nitrogens with two attached hydrogens (primary N) is 1. The molecular formula is C13H16F2N2O2S2. The van der Waals surface area contributed by atoms with Gasteiger partial charge in [0.05, 0.1) is 12.1 Å². The van der Waals surface area contributed by atoms with Gasteiger partial charge in [0, 0.05) is 12.6 Å². The highest BCUT2D eigenvalue weighted by atomic mass is 32.2. The largest absolute Gasteiger partial charge is 0.320 e. The molecule has 0 saturated carbocycles. The van der Waals surface area contributed by atoms with Gasteiger partial charge in [-0.05, 0) is 24.5 Å². The van der Waals surface area contributed by atoms with Crippen molar-refractivity contribution in [3.05, 3.63) is 29.3 Å². The van der Waals surface area contributed by atoms with E-state index in [0.29, 0.717) is 12.5 Å². The molecule has 0 heterocycles. The Morgan fingerprint density at radius 2 is 2.10 bits per heavy atom. The number of halogens is 2. The van der Waals surface area contributed by atoms with Gasteiger partial charge < -0.3 is 5.73 Å². The lowest BCUT2D eigenvalue weighted by Crippen LogP contribution is -2.27. The third-order valence-electron chi connectivity index (χ3n) is 2.42. The topological polar surface area (TPSA) is 72.2 Å². The summed E-state index contributed by atoms with van der Waals surface area (Å²) in [6.45, 7) is 0.127. The number of hydrogen-bond acceptors (Lipinski definition) is 4. The van der Waals surface area contributed by atoms with E-state index in [-0.39, 0.29) is 18.7 Å². The summed E-state index contributed by atoms with van der Waals surface area (Å²) in [6.07, 6.45) is 2.50. The predicted octanol–water partition coefficient (Wildman–Crippen LogP) is 1.31. The van der Waals surface area contributed by atoms with Crippen molar-refractivity contribution in [1.29, 1.82) is 0 Å². The minimum absolute atomic E-state index is 0.0429. The van der Waals surface area contributed by atoms with Crippen molar-refractivity contribution < 1.29 is 17.2 Å². The molecule has 0 aliphatic rings. The van der Waals surface area contributed by atoms with E-state index < -0.39 is 26.6 Å². The van der Waals surface area contributed by atoms with Gasteiger partial charge in [0.1, 0.15) is 16.5 Å². The predicted molar refractivity (Wildman–Crippen MR) is 80.5 cm³/mol. The minimum atomic E-state index is -4.09. The SMILES string of the molecule is CSCCCNS(=O)(=O)c1c(F)cc(F)cc1C#CCN. The molecule has 0 spiro atoms. The quantitative estimate of drug-likeness (QED) is 0.608. The van der Waals surface area contributed by atoms with E-state index in [1.807, 2.05) is 6.26 Å². The van der Waals surface area contributed by atoms with Gasteiger partial charge >= 0.3 is 0 Å². The first-order chi connectivity index (χ1) is 9.92. The highest BCUT2D eigenvalue weighted by Gasteiger charge is 2.23. The second-order valence-corrected chi connectivity index (χ2v) is 6.70. The van der Waals surface area contributed by atoms with E-state index in [1.54, 1.807) is 11.8 Å². The Balaban J connectivity index is 3.15. The van der Waals surface area contributed by atoms with E-state index >= 15 is 0 Å². The molecule has 0 radical (unpaired) electrons. The van der Waals surface area contributed by atoms with Crippen LogP contribution in [0.25, 0.3) is 0 Å². The summed E-state index contributed by atoms with van der Waals surface area (Å²) in [5, 5.41) is 0. The summed E-state index contributed by atoms with van der Waals surface area (Å²) in [5.41, 5.74) is 4.96. The molecule has 1 aromatic carbocycles. The summed E-state index contributed by atoms with van der Waals surface area (Å²) in [5.74, 6) is 3.49. The highest BCUT2D eigenvalue weighted by Crippen LogP contribution is 2.20. The first-order valence-corrected chi connectivity index (χ1v) is 8.96. The van der Waals surface area contributed by atoms with Gasteiger partial charge in [-0.25, -0.2) is 21.9 Å². The fraction of sp³-hybridized carbons (Fsp3) is 0.385. The van der Waals surface area contributed by atoms with E-state index in [0.717, 1.165) is 11.8 Å². The van der Waals surface area contributed by atoms with E-state index in [1.165, 1.54) is 0 Å². The smallest absolute Gasteiger partial charge is 0.244 e. The number of nitrogens with one attached hydrogen (secondary N) is 1. The molecule has 0 amide bonds. The van der Waals surface area contributed by atoms with Crippen LogP contribution in [0.1, 0.15) is 12.0 Å². The first kappa shape index (κ1) is 17.9. The number of benzene rings is 1. The maximum absolute atomic E-state index is 13.8. The zero-order valence-electron chi connectivity index (χ0n) is 11.4. The average molecular weight is 334 g/mol. The van der Waals surface area contributed by atoms with Crippen LogP contribution in [0, 0.1) is 23.5 Å². The summed E-state index contributed by atoms with van der Waals surface area (Å²) in [7, 11) is -4.09. The highest BCUT2D eigenvalue weighted by molar-refractivity contribution is 7.98. The first-order valence-electron chi connectivity index (χ1n) is 6.09. The summed E-state index contributed by atoms with van der Waals surface area (Å²) in [4.78, 5) is -0.644. The average Bonchev–Trinajstić information content (AvgIpc) is 2.40. The molecule has 8 heteroatoms. The molecule has 0 unspecified atom stereocenters. The van der Waals surface area contributed by atoms with Gasteiger partial charge in [0.25, 0.3) is 0 Å². The van der Waals surface area contributed by atoms with E-state index in [2.05, 4.69) is 16.6 Å². The third kappa shape index (κ3) is 5.28. The lowest BCUT2D eigenvalue weighted by molar-refractivity contribution is 0.542. The van der Waals surface area contributed by atoms with Crippen LogP contribution >= 0.6 is 11.8 Å². The molecule has 21 heavy (non-hydrogen) atoms. The summed E-state index contributed by atoms with van der Waals surface area (Å²) >= 11 is 1.57. The molecule has 1 rings (SSSR count). The monoisotopic (exact) mass is 334 g/mol. The number of thioether (sulfide) groups is 1. The molecule has 0 atom stereocenters. The molecule has 0 aliphatic carbocycles. The second-order valence-electron chi connectivity index (χ2n) is 4.01. The van der Waals surface area contributed by atoms with Crippen LogP contribution in [0.2, 0.25) is 0 Å². The maximum Gasteiger partial charge on any atom is 0.244 e. The van der Waals surface area contributed by atoms with Crippen molar-refractivity contribution in [1.82, 2.24) is 4.72 Å². The van der Waals surface area contributed by atoms with Crippen molar-refractivity contribution in [3.63, 3.8) is 0 Å². The molecule has 0 aromatic heterocycles. The van der Waals surface area contributed by atoms with Crippen LogP contribution in [-0.2, 0) is 10.0 Å². The molecule has 0 bridgehead atoms. The second kappa shape index (κ2) is 8.34. The van der Waals surface area contributed by atoms with Gasteiger partial charge in [-0.3, -0.25) is 0 Å². The van der Waals surface area contributed by atoms with Crippen LogP contribution in [0.4, 0.5) is 8.78 Å². The normalized spacial score (nSPS) is 11.0. The van der Waals surface area contributed by atoms with E-state index in [9.17, 15) is 17.2 Å². The van der Waals surface area contributed by atoms with Crippen molar-refractivity contribution in [3.8, 4) is 11.8 Å². The van der Waals surface area contributed by atoms with Gasteiger partial charge in [0.2, 0.25) is 10.0 Å². The van der Waals surface area contributed by atoms with Gasteiger partial charge in [-0.2, -0.15) is 11.8 Å². The van der Waals surface area contributed by atoms with Gasteiger partial charge in [0.15, 0.2) is 0 Å².